The molecule has 1 atom stereocenters. The van der Waals surface area contributed by atoms with Gasteiger partial charge in [-0.1, -0.05) is 13.8 Å². The van der Waals surface area contributed by atoms with Gasteiger partial charge >= 0.3 is 0 Å². The topological polar surface area (TPSA) is 74.4 Å². The predicted molar refractivity (Wildman–Crippen MR) is 79.1 cm³/mol. The molecule has 0 aliphatic heterocycles. The van der Waals surface area contributed by atoms with E-state index in [1.807, 2.05) is 20.8 Å². The highest BCUT2D eigenvalue weighted by molar-refractivity contribution is 7.89. The molecule has 0 amide bonds. The minimum absolute atomic E-state index is 0.192. The molecule has 0 radical (unpaired) electrons. The maximum absolute atomic E-state index is 12.6. The zero-order chi connectivity index (χ0) is 15.2. The second-order valence-electron chi connectivity index (χ2n) is 4.65. The van der Waals surface area contributed by atoms with Crippen LogP contribution in [0.1, 0.15) is 26.5 Å². The first-order valence-corrected chi connectivity index (χ1v) is 8.30. The van der Waals surface area contributed by atoms with Gasteiger partial charge in [0.1, 0.15) is 0 Å². The molecule has 0 aliphatic rings. The molecule has 0 bridgehead atoms. The van der Waals surface area contributed by atoms with E-state index in [1.165, 1.54) is 4.31 Å². The maximum atomic E-state index is 12.6. The first-order chi connectivity index (χ1) is 9.47. The highest BCUT2D eigenvalue weighted by atomic mass is 32.2. The van der Waals surface area contributed by atoms with Crippen LogP contribution < -0.4 is 5.32 Å². The maximum Gasteiger partial charge on any atom is 0.244 e. The van der Waals surface area contributed by atoms with Crippen molar-refractivity contribution in [2.24, 2.45) is 0 Å². The number of hydrogen-bond acceptors (Lipinski definition) is 4. The summed E-state index contributed by atoms with van der Waals surface area (Å²) in [4.78, 5) is 3.30. The van der Waals surface area contributed by atoms with E-state index in [1.54, 1.807) is 19.4 Å². The van der Waals surface area contributed by atoms with Crippen LogP contribution in [0.4, 0.5) is 0 Å². The fraction of sp³-hybridized carbons (Fsp3) is 0.692. The fourth-order valence-electron chi connectivity index (χ4n) is 2.11. The molecule has 7 heteroatoms. The normalized spacial score (nSPS) is 13.8. The monoisotopic (exact) mass is 303 g/mol. The van der Waals surface area contributed by atoms with Crippen LogP contribution in [0.25, 0.3) is 0 Å². The summed E-state index contributed by atoms with van der Waals surface area (Å²) in [6.07, 6.45) is 1.55. The van der Waals surface area contributed by atoms with Gasteiger partial charge in [0.05, 0.1) is 11.5 Å². The molecule has 20 heavy (non-hydrogen) atoms. The number of hydrogen-bond donors (Lipinski definition) is 2. The molecule has 0 spiro atoms. The van der Waals surface area contributed by atoms with Crippen molar-refractivity contribution in [3.63, 3.8) is 0 Å². The largest absolute Gasteiger partial charge is 0.383 e. The average molecular weight is 303 g/mol. The number of ether oxygens (including phenoxy) is 1. The Morgan fingerprint density at radius 2 is 2.15 bits per heavy atom. The lowest BCUT2D eigenvalue weighted by atomic mass is 10.4. The van der Waals surface area contributed by atoms with Gasteiger partial charge in [-0.25, -0.2) is 8.42 Å². The molecule has 6 nitrogen and oxygen atoms in total. The summed E-state index contributed by atoms with van der Waals surface area (Å²) in [5.41, 5.74) is 0.862. The minimum Gasteiger partial charge on any atom is -0.383 e. The molecular weight excluding hydrogens is 278 g/mol. The van der Waals surface area contributed by atoms with Crippen LogP contribution in [0.5, 0.6) is 0 Å². The Hall–Kier alpha value is -0.890. The van der Waals surface area contributed by atoms with Crippen molar-refractivity contribution in [2.75, 3.05) is 26.8 Å². The zero-order valence-electron chi connectivity index (χ0n) is 12.6. The highest BCUT2D eigenvalue weighted by Gasteiger charge is 2.28. The van der Waals surface area contributed by atoms with Gasteiger partial charge in [-0.3, -0.25) is 0 Å². The second-order valence-corrected chi connectivity index (χ2v) is 6.54. The molecule has 1 aromatic rings. The van der Waals surface area contributed by atoms with E-state index in [-0.39, 0.29) is 6.04 Å². The lowest BCUT2D eigenvalue weighted by Gasteiger charge is -2.26. The number of aromatic nitrogens is 1. The van der Waals surface area contributed by atoms with E-state index >= 15 is 0 Å². The van der Waals surface area contributed by atoms with Crippen LogP contribution in [-0.2, 0) is 21.3 Å². The van der Waals surface area contributed by atoms with Crippen LogP contribution in [-0.4, -0.2) is 50.6 Å². The number of H-pyrrole nitrogens is 1. The Morgan fingerprint density at radius 1 is 1.45 bits per heavy atom. The number of methoxy groups -OCH3 is 1. The van der Waals surface area contributed by atoms with Crippen molar-refractivity contribution in [1.29, 1.82) is 0 Å². The van der Waals surface area contributed by atoms with Crippen LogP contribution >= 0.6 is 0 Å². The molecule has 0 aliphatic carbocycles. The second kappa shape index (κ2) is 7.78. The Labute approximate surface area is 121 Å². The lowest BCUT2D eigenvalue weighted by Crippen LogP contribution is -2.40. The lowest BCUT2D eigenvalue weighted by molar-refractivity contribution is 0.142. The van der Waals surface area contributed by atoms with E-state index < -0.39 is 10.0 Å². The fourth-order valence-corrected chi connectivity index (χ4v) is 3.75. The third-order valence-electron chi connectivity index (χ3n) is 3.10. The summed E-state index contributed by atoms with van der Waals surface area (Å²) in [7, 11) is -1.91. The van der Waals surface area contributed by atoms with Crippen molar-refractivity contribution in [1.82, 2.24) is 14.6 Å². The molecule has 0 fully saturated rings. The average Bonchev–Trinajstić information content (AvgIpc) is 2.86. The number of likely N-dealkylation sites (N-methyl/N-ethyl adjacent to an activating group) is 1. The Balaban J connectivity index is 2.93. The minimum atomic E-state index is -3.48. The van der Waals surface area contributed by atoms with Gasteiger partial charge in [0, 0.05) is 38.1 Å². The van der Waals surface area contributed by atoms with Gasteiger partial charge in [0.2, 0.25) is 10.0 Å². The zero-order valence-corrected chi connectivity index (χ0v) is 13.5. The molecule has 1 heterocycles. The highest BCUT2D eigenvalue weighted by Crippen LogP contribution is 2.19. The van der Waals surface area contributed by atoms with Gasteiger partial charge in [-0.15, -0.1) is 0 Å². The van der Waals surface area contributed by atoms with Crippen molar-refractivity contribution in [3.8, 4) is 0 Å². The Kier molecular flexibility index (Phi) is 6.67. The summed E-state index contributed by atoms with van der Waals surface area (Å²) in [6.45, 7) is 7.94. The summed E-state index contributed by atoms with van der Waals surface area (Å²) in [5.74, 6) is 0. The van der Waals surface area contributed by atoms with E-state index in [4.69, 9.17) is 4.74 Å². The molecule has 0 saturated heterocycles. The summed E-state index contributed by atoms with van der Waals surface area (Å²) in [6, 6.07) is 1.49. The standard InChI is InChI=1S/C13H25N3O3S/c1-5-14-8-12-7-13(9-15-12)20(17,18)16(6-2)11(3)10-19-4/h7,9,11,14-15H,5-6,8,10H2,1-4H3. The molecule has 1 aromatic heterocycles. The van der Waals surface area contributed by atoms with Gasteiger partial charge in [-0.2, -0.15) is 4.31 Å². The quantitative estimate of drug-likeness (QED) is 0.718. The molecule has 2 N–H and O–H groups in total. The van der Waals surface area contributed by atoms with Gasteiger partial charge in [-0.05, 0) is 19.5 Å². The number of rotatable bonds is 9. The third-order valence-corrected chi connectivity index (χ3v) is 5.17. The molecule has 1 rings (SSSR count). The van der Waals surface area contributed by atoms with E-state index in [0.717, 1.165) is 12.2 Å². The van der Waals surface area contributed by atoms with Crippen molar-refractivity contribution in [2.45, 2.75) is 38.3 Å². The third kappa shape index (κ3) is 4.05. The van der Waals surface area contributed by atoms with E-state index in [9.17, 15) is 8.42 Å². The molecular formula is C13H25N3O3S. The number of sulfonamides is 1. The SMILES string of the molecule is CCNCc1cc(S(=O)(=O)N(CC)C(C)COC)c[nH]1. The van der Waals surface area contributed by atoms with E-state index in [0.29, 0.717) is 24.6 Å². The number of aromatic amines is 1. The van der Waals surface area contributed by atoms with Crippen LogP contribution in [0, 0.1) is 0 Å². The molecule has 116 valence electrons. The van der Waals surface area contributed by atoms with Crippen LogP contribution in [0.2, 0.25) is 0 Å². The first-order valence-electron chi connectivity index (χ1n) is 6.86. The Morgan fingerprint density at radius 3 is 2.70 bits per heavy atom. The Bertz CT molecular complexity index is 499. The molecule has 0 aromatic carbocycles. The van der Waals surface area contributed by atoms with E-state index in [2.05, 4.69) is 10.3 Å². The summed E-state index contributed by atoms with van der Waals surface area (Å²) in [5, 5.41) is 3.16. The summed E-state index contributed by atoms with van der Waals surface area (Å²) >= 11 is 0. The van der Waals surface area contributed by atoms with Gasteiger partial charge in [0.25, 0.3) is 0 Å². The van der Waals surface area contributed by atoms with Crippen LogP contribution in [0.15, 0.2) is 17.2 Å². The van der Waals surface area contributed by atoms with Gasteiger partial charge in [0.15, 0.2) is 0 Å². The molecule has 1 unspecified atom stereocenters. The number of nitrogens with zero attached hydrogens (tertiary/aromatic N) is 1. The van der Waals surface area contributed by atoms with Crippen molar-refractivity contribution < 1.29 is 13.2 Å². The first kappa shape index (κ1) is 17.2. The smallest absolute Gasteiger partial charge is 0.244 e. The number of nitrogens with one attached hydrogen (secondary N) is 2. The predicted octanol–water partition coefficient (Wildman–Crippen LogP) is 1.17. The molecule has 0 saturated carbocycles. The summed E-state index contributed by atoms with van der Waals surface area (Å²) < 4.78 is 31.7. The van der Waals surface area contributed by atoms with Crippen molar-refractivity contribution >= 4 is 10.0 Å². The van der Waals surface area contributed by atoms with Crippen molar-refractivity contribution in [3.05, 3.63) is 18.0 Å². The van der Waals surface area contributed by atoms with Crippen LogP contribution in [0.3, 0.4) is 0 Å². The van der Waals surface area contributed by atoms with Gasteiger partial charge < -0.3 is 15.0 Å².